The molecule has 20 heteroatoms. The average molecular weight is 512 g/mol. The number of aromatic nitrogens is 2. The summed E-state index contributed by atoms with van der Waals surface area (Å²) < 4.78 is 56.6. The van der Waals surface area contributed by atoms with Gasteiger partial charge in [0.05, 0.1) is 24.9 Å². The number of hydrogen-bond acceptors (Lipinski definition) is 12. The van der Waals surface area contributed by atoms with E-state index in [1.54, 1.807) is 0 Å². The van der Waals surface area contributed by atoms with E-state index in [1.807, 2.05) is 4.98 Å². The Morgan fingerprint density at radius 3 is 2.35 bits per heavy atom. The Morgan fingerprint density at radius 2 is 1.77 bits per heavy atom. The maximum atomic E-state index is 11.9. The zero-order valence-electron chi connectivity index (χ0n) is 15.5. The fourth-order valence-electron chi connectivity index (χ4n) is 2.39. The number of phosphoric ester groups is 2. The van der Waals surface area contributed by atoms with Crippen molar-refractivity contribution in [2.75, 3.05) is 13.7 Å². The lowest BCUT2D eigenvalue weighted by atomic mass is 10.2. The molecule has 0 saturated carbocycles. The second kappa shape index (κ2) is 9.85. The van der Waals surface area contributed by atoms with Crippen LogP contribution in [0.15, 0.2) is 15.8 Å². The molecule has 0 spiro atoms. The number of H-pyrrole nitrogens is 1. The lowest BCUT2D eigenvalue weighted by Gasteiger charge is -2.20. The molecule has 0 amide bonds. The van der Waals surface area contributed by atoms with Crippen LogP contribution >= 0.6 is 23.5 Å². The van der Waals surface area contributed by atoms with E-state index in [-0.39, 0.29) is 12.0 Å². The van der Waals surface area contributed by atoms with Gasteiger partial charge in [0.2, 0.25) is 0 Å². The third-order valence-electron chi connectivity index (χ3n) is 3.77. The predicted molar refractivity (Wildman–Crippen MR) is 96.4 cm³/mol. The number of phosphoric acid groups is 3. The van der Waals surface area contributed by atoms with Gasteiger partial charge in [0, 0.05) is 19.7 Å². The summed E-state index contributed by atoms with van der Waals surface area (Å²) in [7, 11) is -15.4. The SMILES string of the molecule is COP(=O)(O)OP(=O)(O)OP(=O)(O)OC[C@H]1O[C@@H](n2cc(CO)c(=O)[nH]c2=O)C[C@H]1O. The molecule has 3 unspecified atom stereocenters. The van der Waals surface area contributed by atoms with Crippen molar-refractivity contribution in [2.45, 2.75) is 31.5 Å². The maximum absolute atomic E-state index is 11.9. The van der Waals surface area contributed by atoms with Crippen LogP contribution in [-0.2, 0) is 42.7 Å². The summed E-state index contributed by atoms with van der Waals surface area (Å²) in [6, 6.07) is 0. The number of aliphatic hydroxyl groups is 2. The maximum Gasteiger partial charge on any atom is 0.490 e. The van der Waals surface area contributed by atoms with Gasteiger partial charge in [0.15, 0.2) is 0 Å². The van der Waals surface area contributed by atoms with Crippen LogP contribution in [0.2, 0.25) is 0 Å². The summed E-state index contributed by atoms with van der Waals surface area (Å²) in [5.41, 5.74) is -1.90. The molecule has 1 fully saturated rings. The van der Waals surface area contributed by atoms with Gasteiger partial charge in [-0.3, -0.25) is 23.4 Å². The Kier molecular flexibility index (Phi) is 8.33. The molecule has 6 atom stereocenters. The highest BCUT2D eigenvalue weighted by atomic mass is 31.3. The number of aromatic amines is 1. The van der Waals surface area contributed by atoms with Crippen molar-refractivity contribution in [1.29, 1.82) is 0 Å². The van der Waals surface area contributed by atoms with Gasteiger partial charge in [-0.05, 0) is 0 Å². The van der Waals surface area contributed by atoms with Crippen LogP contribution in [0, 0.1) is 0 Å². The monoisotopic (exact) mass is 512 g/mol. The fourth-order valence-corrected chi connectivity index (χ4v) is 5.65. The van der Waals surface area contributed by atoms with Gasteiger partial charge in [-0.1, -0.05) is 0 Å². The second-order valence-electron chi connectivity index (χ2n) is 5.96. The molecule has 31 heavy (non-hydrogen) atoms. The van der Waals surface area contributed by atoms with Crippen molar-refractivity contribution in [2.24, 2.45) is 0 Å². The van der Waals surface area contributed by atoms with E-state index in [0.29, 0.717) is 7.11 Å². The lowest BCUT2D eigenvalue weighted by molar-refractivity contribution is -0.0451. The van der Waals surface area contributed by atoms with E-state index in [2.05, 4.69) is 17.7 Å². The Morgan fingerprint density at radius 1 is 1.16 bits per heavy atom. The molecule has 1 saturated heterocycles. The highest BCUT2D eigenvalue weighted by Gasteiger charge is 2.43. The molecule has 1 aromatic heterocycles. The quantitative estimate of drug-likeness (QED) is 0.199. The molecule has 178 valence electrons. The van der Waals surface area contributed by atoms with Crippen molar-refractivity contribution in [3.63, 3.8) is 0 Å². The average Bonchev–Trinajstić information content (AvgIpc) is 2.99. The van der Waals surface area contributed by atoms with Gasteiger partial charge in [-0.2, -0.15) is 8.62 Å². The fraction of sp³-hybridized carbons (Fsp3) is 0.636. The molecule has 1 aromatic rings. The summed E-state index contributed by atoms with van der Waals surface area (Å²) >= 11 is 0. The van der Waals surface area contributed by atoms with E-state index < -0.39 is 66.4 Å². The topological polar surface area (TPSA) is 253 Å². The Bertz CT molecular complexity index is 1050. The predicted octanol–water partition coefficient (Wildman–Crippen LogP) is -1.33. The standard InChI is InChI=1S/C11H19N2O15P3/c1-24-29(18,19)27-31(22,23)28-30(20,21)25-5-8-7(15)2-9(26-8)13-3-6(4-14)10(16)12-11(13)17/h3,7-9,14-15H,2,4-5H2,1H3,(H,18,19)(H,20,21)(H,22,23)(H,12,16,17)/t7-,8-,9-/m1/s1. The summed E-state index contributed by atoms with van der Waals surface area (Å²) in [5, 5.41) is 19.2. The minimum atomic E-state index is -5.59. The summed E-state index contributed by atoms with van der Waals surface area (Å²) in [4.78, 5) is 53.1. The second-order valence-corrected chi connectivity index (χ2v) is 10.7. The number of rotatable bonds is 10. The number of nitrogens with one attached hydrogen (secondary N) is 1. The van der Waals surface area contributed by atoms with E-state index in [4.69, 9.17) is 14.7 Å². The molecule has 2 rings (SSSR count). The van der Waals surface area contributed by atoms with E-state index in [0.717, 1.165) is 10.8 Å². The molecule has 0 aromatic carbocycles. The van der Waals surface area contributed by atoms with Crippen LogP contribution in [0.5, 0.6) is 0 Å². The highest BCUT2D eigenvalue weighted by Crippen LogP contribution is 2.67. The molecule has 0 radical (unpaired) electrons. The Labute approximate surface area is 172 Å². The van der Waals surface area contributed by atoms with E-state index in [1.165, 1.54) is 0 Å². The first-order chi connectivity index (χ1) is 14.2. The number of aliphatic hydroxyl groups excluding tert-OH is 2. The van der Waals surface area contributed by atoms with Crippen LogP contribution in [-0.4, -0.2) is 60.4 Å². The van der Waals surface area contributed by atoms with Crippen molar-refractivity contribution in [3.05, 3.63) is 32.6 Å². The number of hydrogen-bond donors (Lipinski definition) is 6. The number of nitrogens with zero attached hydrogens (tertiary/aromatic N) is 1. The van der Waals surface area contributed by atoms with Gasteiger partial charge in [-0.25, -0.2) is 18.5 Å². The third-order valence-corrected chi connectivity index (χ3v) is 8.01. The van der Waals surface area contributed by atoms with Crippen molar-refractivity contribution < 1.29 is 61.0 Å². The van der Waals surface area contributed by atoms with Gasteiger partial charge < -0.3 is 29.6 Å². The molecule has 0 bridgehead atoms. The molecular formula is C11H19N2O15P3. The molecule has 6 N–H and O–H groups in total. The largest absolute Gasteiger partial charge is 0.490 e. The molecule has 2 heterocycles. The summed E-state index contributed by atoms with van der Waals surface area (Å²) in [6.07, 6.45) is -3.09. The van der Waals surface area contributed by atoms with Gasteiger partial charge in [-0.15, -0.1) is 0 Å². The van der Waals surface area contributed by atoms with Gasteiger partial charge >= 0.3 is 29.2 Å². The van der Waals surface area contributed by atoms with Crippen LogP contribution < -0.4 is 11.2 Å². The smallest absolute Gasteiger partial charge is 0.391 e. The first-order valence-corrected chi connectivity index (χ1v) is 12.6. The summed E-state index contributed by atoms with van der Waals surface area (Å²) in [5.74, 6) is 0. The van der Waals surface area contributed by atoms with Crippen LogP contribution in [0.25, 0.3) is 0 Å². The zero-order valence-corrected chi connectivity index (χ0v) is 18.2. The van der Waals surface area contributed by atoms with Crippen LogP contribution in [0.4, 0.5) is 0 Å². The Balaban J connectivity index is 2.04. The van der Waals surface area contributed by atoms with Crippen molar-refractivity contribution in [3.8, 4) is 0 Å². The van der Waals surface area contributed by atoms with E-state index in [9.17, 15) is 38.2 Å². The molecular weight excluding hydrogens is 493 g/mol. The molecule has 1 aliphatic heterocycles. The minimum Gasteiger partial charge on any atom is -0.391 e. The Hall–Kier alpha value is -1.03. The molecule has 0 aliphatic carbocycles. The van der Waals surface area contributed by atoms with Crippen molar-refractivity contribution in [1.82, 2.24) is 9.55 Å². The summed E-state index contributed by atoms with van der Waals surface area (Å²) in [6.45, 7) is -1.58. The first kappa shape index (κ1) is 26.2. The van der Waals surface area contributed by atoms with E-state index >= 15 is 0 Å². The zero-order chi connectivity index (χ0) is 23.6. The lowest BCUT2D eigenvalue weighted by Crippen LogP contribution is -2.34. The highest BCUT2D eigenvalue weighted by molar-refractivity contribution is 7.66. The third kappa shape index (κ3) is 7.23. The van der Waals surface area contributed by atoms with Gasteiger partial charge in [0.25, 0.3) is 5.56 Å². The van der Waals surface area contributed by atoms with Gasteiger partial charge in [0.1, 0.15) is 12.3 Å². The first-order valence-electron chi connectivity index (χ1n) is 8.08. The normalized spacial score (nSPS) is 27.4. The van der Waals surface area contributed by atoms with Crippen LogP contribution in [0.3, 0.4) is 0 Å². The minimum absolute atomic E-state index is 0.165. The number of ether oxygens (including phenoxy) is 1. The van der Waals surface area contributed by atoms with Crippen molar-refractivity contribution >= 4 is 23.5 Å². The molecule has 1 aliphatic rings. The molecule has 17 nitrogen and oxygen atoms in total. The van der Waals surface area contributed by atoms with Crippen LogP contribution in [0.1, 0.15) is 18.2 Å².